The summed E-state index contributed by atoms with van der Waals surface area (Å²) in [5.74, 6) is 1.01. The molecule has 2 aliphatic rings. The Morgan fingerprint density at radius 2 is 1.77 bits per heavy atom. The standard InChI is InChI=1S/C24H29FN2O4/c1-3-30-22-15-21(27-9-11-29-12-10-27)23(31-4-2)14-20(22)26-24(28)19-13-18(19)16-5-7-17(25)8-6-16/h5-8,14-15,18-19H,3-4,9-13H2,1-2H3,(H,26,28). The average molecular weight is 429 g/mol. The fourth-order valence-electron chi connectivity index (χ4n) is 4.03. The van der Waals surface area contributed by atoms with Crippen LogP contribution in [-0.2, 0) is 9.53 Å². The van der Waals surface area contributed by atoms with Crippen LogP contribution in [0.1, 0.15) is 31.7 Å². The molecule has 0 radical (unpaired) electrons. The Hall–Kier alpha value is -2.80. The number of carbonyl (C=O) groups excluding carboxylic acids is 1. The number of nitrogens with one attached hydrogen (secondary N) is 1. The summed E-state index contributed by atoms with van der Waals surface area (Å²) < 4.78 is 30.4. The van der Waals surface area contributed by atoms with Crippen molar-refractivity contribution in [2.24, 2.45) is 5.92 Å². The van der Waals surface area contributed by atoms with E-state index in [9.17, 15) is 9.18 Å². The van der Waals surface area contributed by atoms with Crippen molar-refractivity contribution < 1.29 is 23.4 Å². The Morgan fingerprint density at radius 3 is 2.45 bits per heavy atom. The van der Waals surface area contributed by atoms with E-state index >= 15 is 0 Å². The Labute approximate surface area is 182 Å². The number of halogens is 1. The number of benzene rings is 2. The highest BCUT2D eigenvalue weighted by Crippen LogP contribution is 2.48. The average Bonchev–Trinajstić information content (AvgIpc) is 3.58. The van der Waals surface area contributed by atoms with E-state index in [1.54, 1.807) is 12.1 Å². The fraction of sp³-hybridized carbons (Fsp3) is 0.458. The molecule has 1 N–H and O–H groups in total. The van der Waals surface area contributed by atoms with Gasteiger partial charge in [0.05, 0.1) is 37.8 Å². The lowest BCUT2D eigenvalue weighted by Crippen LogP contribution is -2.36. The van der Waals surface area contributed by atoms with Gasteiger partial charge in [0.25, 0.3) is 0 Å². The van der Waals surface area contributed by atoms with Crippen molar-refractivity contribution in [3.05, 3.63) is 47.8 Å². The largest absolute Gasteiger partial charge is 0.492 e. The summed E-state index contributed by atoms with van der Waals surface area (Å²) in [4.78, 5) is 15.1. The molecule has 2 aromatic rings. The van der Waals surface area contributed by atoms with Gasteiger partial charge in [-0.25, -0.2) is 4.39 Å². The lowest BCUT2D eigenvalue weighted by atomic mass is 10.1. The second-order valence-electron chi connectivity index (χ2n) is 7.77. The van der Waals surface area contributed by atoms with Crippen LogP contribution in [0.5, 0.6) is 11.5 Å². The van der Waals surface area contributed by atoms with Gasteiger partial charge in [0.1, 0.15) is 17.3 Å². The molecule has 2 fully saturated rings. The highest BCUT2D eigenvalue weighted by Gasteiger charge is 2.44. The molecular weight excluding hydrogens is 399 g/mol. The van der Waals surface area contributed by atoms with Crippen molar-refractivity contribution >= 4 is 17.3 Å². The molecule has 1 aliphatic carbocycles. The summed E-state index contributed by atoms with van der Waals surface area (Å²) in [7, 11) is 0. The summed E-state index contributed by atoms with van der Waals surface area (Å²) in [6.45, 7) is 7.75. The van der Waals surface area contributed by atoms with Gasteiger partial charge in [-0.2, -0.15) is 0 Å². The number of ether oxygens (including phenoxy) is 3. The van der Waals surface area contributed by atoms with Crippen LogP contribution in [0.4, 0.5) is 15.8 Å². The summed E-state index contributed by atoms with van der Waals surface area (Å²) in [5.41, 5.74) is 2.54. The highest BCUT2D eigenvalue weighted by atomic mass is 19.1. The predicted octanol–water partition coefficient (Wildman–Crippen LogP) is 4.20. The molecule has 2 aromatic carbocycles. The zero-order valence-corrected chi connectivity index (χ0v) is 18.0. The lowest BCUT2D eigenvalue weighted by molar-refractivity contribution is -0.117. The van der Waals surface area contributed by atoms with Crippen LogP contribution >= 0.6 is 0 Å². The SMILES string of the molecule is CCOc1cc(N2CCOCC2)c(OCC)cc1NC(=O)C1CC1c1ccc(F)cc1. The van der Waals surface area contributed by atoms with E-state index in [1.807, 2.05) is 26.0 Å². The van der Waals surface area contributed by atoms with E-state index in [-0.39, 0.29) is 23.6 Å². The topological polar surface area (TPSA) is 60.0 Å². The molecule has 166 valence electrons. The predicted molar refractivity (Wildman–Crippen MR) is 118 cm³/mol. The van der Waals surface area contributed by atoms with Crippen molar-refractivity contribution in [3.63, 3.8) is 0 Å². The van der Waals surface area contributed by atoms with E-state index < -0.39 is 0 Å². The van der Waals surface area contributed by atoms with E-state index in [0.717, 1.165) is 30.8 Å². The van der Waals surface area contributed by atoms with Gasteiger partial charge >= 0.3 is 0 Å². The van der Waals surface area contributed by atoms with Gasteiger partial charge in [-0.15, -0.1) is 0 Å². The molecule has 6 nitrogen and oxygen atoms in total. The van der Waals surface area contributed by atoms with E-state index in [0.29, 0.717) is 43.6 Å². The quantitative estimate of drug-likeness (QED) is 0.683. The van der Waals surface area contributed by atoms with Gasteiger partial charge in [-0.1, -0.05) is 12.1 Å². The lowest BCUT2D eigenvalue weighted by Gasteiger charge is -2.31. The molecule has 2 unspecified atom stereocenters. The van der Waals surface area contributed by atoms with Crippen molar-refractivity contribution in [3.8, 4) is 11.5 Å². The molecule has 1 heterocycles. The van der Waals surface area contributed by atoms with Crippen LogP contribution in [0.25, 0.3) is 0 Å². The zero-order valence-electron chi connectivity index (χ0n) is 18.0. The van der Waals surface area contributed by atoms with Gasteiger partial charge in [0, 0.05) is 31.1 Å². The number of morpholine rings is 1. The molecule has 0 bridgehead atoms. The summed E-state index contributed by atoms with van der Waals surface area (Å²) in [5, 5.41) is 3.04. The monoisotopic (exact) mass is 428 g/mol. The Bertz CT molecular complexity index is 913. The summed E-state index contributed by atoms with van der Waals surface area (Å²) >= 11 is 0. The van der Waals surface area contributed by atoms with Crippen LogP contribution < -0.4 is 19.7 Å². The van der Waals surface area contributed by atoms with Crippen molar-refractivity contribution in [1.82, 2.24) is 0 Å². The van der Waals surface area contributed by atoms with E-state index in [1.165, 1.54) is 12.1 Å². The minimum atomic E-state index is -0.268. The first-order chi connectivity index (χ1) is 15.1. The summed E-state index contributed by atoms with van der Waals surface area (Å²) in [6, 6.07) is 10.2. The zero-order chi connectivity index (χ0) is 21.8. The van der Waals surface area contributed by atoms with Gasteiger partial charge in [-0.3, -0.25) is 4.79 Å². The van der Waals surface area contributed by atoms with Crippen molar-refractivity contribution in [1.29, 1.82) is 0 Å². The van der Waals surface area contributed by atoms with Crippen LogP contribution in [0, 0.1) is 11.7 Å². The number of hydrogen-bond donors (Lipinski definition) is 1. The van der Waals surface area contributed by atoms with Crippen LogP contribution in [0.2, 0.25) is 0 Å². The van der Waals surface area contributed by atoms with Gasteiger partial charge in [-0.05, 0) is 43.9 Å². The number of hydrogen-bond acceptors (Lipinski definition) is 5. The maximum absolute atomic E-state index is 13.2. The normalized spacial score (nSPS) is 20.3. The second kappa shape index (κ2) is 9.56. The highest BCUT2D eigenvalue weighted by molar-refractivity contribution is 5.97. The van der Waals surface area contributed by atoms with Gasteiger partial charge in [0.2, 0.25) is 5.91 Å². The fourth-order valence-corrected chi connectivity index (χ4v) is 4.03. The Kier molecular flexibility index (Phi) is 6.61. The molecule has 1 saturated heterocycles. The Balaban J connectivity index is 1.54. The van der Waals surface area contributed by atoms with Crippen molar-refractivity contribution in [2.45, 2.75) is 26.2 Å². The third-order valence-corrected chi connectivity index (χ3v) is 5.70. The maximum Gasteiger partial charge on any atom is 0.228 e. The third kappa shape index (κ3) is 4.93. The number of anilines is 2. The molecule has 31 heavy (non-hydrogen) atoms. The Morgan fingerprint density at radius 1 is 1.10 bits per heavy atom. The molecule has 7 heteroatoms. The van der Waals surface area contributed by atoms with Crippen molar-refractivity contribution in [2.75, 3.05) is 49.7 Å². The first-order valence-corrected chi connectivity index (χ1v) is 10.9. The molecule has 4 rings (SSSR count). The second-order valence-corrected chi connectivity index (χ2v) is 7.77. The first kappa shape index (κ1) is 21.4. The van der Waals surface area contributed by atoms with Crippen LogP contribution in [-0.4, -0.2) is 45.4 Å². The summed E-state index contributed by atoms with van der Waals surface area (Å²) in [6.07, 6.45) is 0.756. The first-order valence-electron chi connectivity index (χ1n) is 10.9. The maximum atomic E-state index is 13.2. The van der Waals surface area contributed by atoms with Crippen LogP contribution in [0.15, 0.2) is 36.4 Å². The smallest absolute Gasteiger partial charge is 0.228 e. The molecule has 0 aromatic heterocycles. The molecule has 1 saturated carbocycles. The number of rotatable bonds is 8. The van der Waals surface area contributed by atoms with E-state index in [4.69, 9.17) is 14.2 Å². The minimum absolute atomic E-state index is 0.0585. The molecular formula is C24H29FN2O4. The minimum Gasteiger partial charge on any atom is -0.492 e. The molecule has 1 aliphatic heterocycles. The molecule has 0 spiro atoms. The number of nitrogens with zero attached hydrogens (tertiary/aromatic N) is 1. The van der Waals surface area contributed by atoms with E-state index in [2.05, 4.69) is 10.2 Å². The van der Waals surface area contributed by atoms with Crippen LogP contribution in [0.3, 0.4) is 0 Å². The molecule has 2 atom stereocenters. The molecule has 1 amide bonds. The third-order valence-electron chi connectivity index (χ3n) is 5.70. The number of amides is 1. The number of carbonyl (C=O) groups is 1. The van der Waals surface area contributed by atoms with Gasteiger partial charge < -0.3 is 24.4 Å². The van der Waals surface area contributed by atoms with Gasteiger partial charge in [0.15, 0.2) is 0 Å².